The van der Waals surface area contributed by atoms with Gasteiger partial charge in [-0.25, -0.2) is 18.2 Å². The average molecular weight is 270 g/mol. The summed E-state index contributed by atoms with van der Waals surface area (Å²) < 4.78 is 23.3. The number of hydrogen-bond acceptors (Lipinski definition) is 5. The molecule has 0 spiro atoms. The van der Waals surface area contributed by atoms with Crippen LogP contribution in [0.1, 0.15) is 0 Å². The number of rotatable bonds is 5. The SMILES string of the molecule is C=CCN(CC=C)C(=O)n1cnc(S(C)(=O)=O)n1. The third kappa shape index (κ3) is 3.27. The summed E-state index contributed by atoms with van der Waals surface area (Å²) in [5, 5.41) is 3.24. The van der Waals surface area contributed by atoms with Crippen molar-refractivity contribution >= 4 is 15.9 Å². The first-order valence-electron chi connectivity index (χ1n) is 5.03. The first-order valence-corrected chi connectivity index (χ1v) is 6.92. The fourth-order valence-electron chi connectivity index (χ4n) is 1.20. The molecule has 0 N–H and O–H groups in total. The zero-order valence-corrected chi connectivity index (χ0v) is 10.8. The molecule has 1 heterocycles. The predicted molar refractivity (Wildman–Crippen MR) is 65.9 cm³/mol. The number of amides is 1. The molecule has 0 aliphatic carbocycles. The average Bonchev–Trinajstić information content (AvgIpc) is 2.76. The van der Waals surface area contributed by atoms with E-state index < -0.39 is 15.9 Å². The predicted octanol–water partition coefficient (Wildman–Crippen LogP) is 0.324. The van der Waals surface area contributed by atoms with Crippen LogP contribution in [0, 0.1) is 0 Å². The van der Waals surface area contributed by atoms with Crippen molar-refractivity contribution in [3.8, 4) is 0 Å². The van der Waals surface area contributed by atoms with Crippen molar-refractivity contribution in [2.45, 2.75) is 5.16 Å². The van der Waals surface area contributed by atoms with Gasteiger partial charge in [0.05, 0.1) is 0 Å². The maximum absolute atomic E-state index is 12.0. The van der Waals surface area contributed by atoms with Gasteiger partial charge in [-0.2, -0.15) is 4.68 Å². The highest BCUT2D eigenvalue weighted by Gasteiger charge is 2.19. The molecule has 0 radical (unpaired) electrons. The second-order valence-electron chi connectivity index (χ2n) is 3.51. The summed E-state index contributed by atoms with van der Waals surface area (Å²) in [6, 6.07) is -0.489. The maximum atomic E-state index is 12.0. The van der Waals surface area contributed by atoms with Crippen LogP contribution in [-0.2, 0) is 9.84 Å². The minimum absolute atomic E-state index is 0.304. The van der Waals surface area contributed by atoms with Gasteiger partial charge in [-0.3, -0.25) is 0 Å². The molecule has 0 unspecified atom stereocenters. The van der Waals surface area contributed by atoms with Crippen molar-refractivity contribution < 1.29 is 13.2 Å². The van der Waals surface area contributed by atoms with E-state index in [0.717, 1.165) is 17.3 Å². The Bertz CT molecular complexity index is 551. The Labute approximate surface area is 105 Å². The number of nitrogens with zero attached hydrogens (tertiary/aromatic N) is 4. The monoisotopic (exact) mass is 270 g/mol. The third-order valence-corrected chi connectivity index (χ3v) is 2.82. The standard InChI is InChI=1S/C10H14N4O3S/c1-4-6-13(7-5-2)10(15)14-8-11-9(12-14)18(3,16)17/h4-5,8H,1-2,6-7H2,3H3. The summed E-state index contributed by atoms with van der Waals surface area (Å²) in [6.45, 7) is 7.68. The second kappa shape index (κ2) is 5.58. The van der Waals surface area contributed by atoms with Crippen molar-refractivity contribution in [1.82, 2.24) is 19.7 Å². The van der Waals surface area contributed by atoms with Crippen LogP contribution in [0.4, 0.5) is 4.79 Å². The molecule has 1 amide bonds. The van der Waals surface area contributed by atoms with Crippen LogP contribution < -0.4 is 0 Å². The van der Waals surface area contributed by atoms with E-state index in [0.29, 0.717) is 13.1 Å². The van der Waals surface area contributed by atoms with E-state index in [1.54, 1.807) is 12.2 Å². The van der Waals surface area contributed by atoms with Crippen molar-refractivity contribution in [3.63, 3.8) is 0 Å². The summed E-state index contributed by atoms with van der Waals surface area (Å²) in [5.74, 6) is 0. The molecule has 0 saturated heterocycles. The molecule has 1 aromatic heterocycles. The van der Waals surface area contributed by atoms with Crippen molar-refractivity contribution in [2.24, 2.45) is 0 Å². The minimum Gasteiger partial charge on any atom is -0.315 e. The lowest BCUT2D eigenvalue weighted by molar-refractivity contribution is 0.206. The molecule has 7 nitrogen and oxygen atoms in total. The van der Waals surface area contributed by atoms with E-state index in [1.165, 1.54) is 4.90 Å². The Morgan fingerprint density at radius 3 is 2.39 bits per heavy atom. The van der Waals surface area contributed by atoms with E-state index >= 15 is 0 Å². The largest absolute Gasteiger partial charge is 0.346 e. The van der Waals surface area contributed by atoms with Gasteiger partial charge in [-0.05, 0) is 0 Å². The van der Waals surface area contributed by atoms with Gasteiger partial charge in [-0.15, -0.1) is 18.3 Å². The van der Waals surface area contributed by atoms with E-state index in [4.69, 9.17) is 0 Å². The lowest BCUT2D eigenvalue weighted by Crippen LogP contribution is -2.35. The van der Waals surface area contributed by atoms with Gasteiger partial charge >= 0.3 is 6.03 Å². The molecule has 0 fully saturated rings. The normalized spacial score (nSPS) is 10.9. The van der Waals surface area contributed by atoms with Crippen LogP contribution in [0.25, 0.3) is 0 Å². The lowest BCUT2D eigenvalue weighted by Gasteiger charge is -2.17. The van der Waals surface area contributed by atoms with Crippen molar-refractivity contribution in [3.05, 3.63) is 31.6 Å². The molecular formula is C10H14N4O3S. The van der Waals surface area contributed by atoms with Gasteiger partial charge in [0.2, 0.25) is 9.84 Å². The molecule has 0 aromatic carbocycles. The Morgan fingerprint density at radius 2 is 2.00 bits per heavy atom. The molecule has 0 bridgehead atoms. The fraction of sp³-hybridized carbons (Fsp3) is 0.300. The topological polar surface area (TPSA) is 85.2 Å². The molecular weight excluding hydrogens is 256 g/mol. The molecule has 0 saturated carbocycles. The van der Waals surface area contributed by atoms with Crippen LogP contribution in [0.2, 0.25) is 0 Å². The Kier molecular flexibility index (Phi) is 4.38. The highest BCUT2D eigenvalue weighted by Crippen LogP contribution is 2.02. The number of carbonyl (C=O) groups is 1. The molecule has 0 atom stereocenters. The fourth-order valence-corrected chi connectivity index (χ4v) is 1.67. The van der Waals surface area contributed by atoms with E-state index in [9.17, 15) is 13.2 Å². The summed E-state index contributed by atoms with van der Waals surface area (Å²) in [7, 11) is -3.52. The number of carbonyl (C=O) groups excluding carboxylic acids is 1. The van der Waals surface area contributed by atoms with Crippen LogP contribution in [0.15, 0.2) is 36.8 Å². The summed E-state index contributed by atoms with van der Waals surface area (Å²) >= 11 is 0. The van der Waals surface area contributed by atoms with Gasteiger partial charge in [0, 0.05) is 19.3 Å². The number of aromatic nitrogens is 3. The molecule has 8 heteroatoms. The summed E-state index contributed by atoms with van der Waals surface area (Å²) in [6.07, 6.45) is 5.14. The van der Waals surface area contributed by atoms with Crippen molar-refractivity contribution in [2.75, 3.05) is 19.3 Å². The molecule has 18 heavy (non-hydrogen) atoms. The van der Waals surface area contributed by atoms with Gasteiger partial charge < -0.3 is 4.90 Å². The first-order chi connectivity index (χ1) is 8.40. The molecule has 98 valence electrons. The van der Waals surface area contributed by atoms with Crippen LogP contribution in [-0.4, -0.2) is 53.5 Å². The van der Waals surface area contributed by atoms with Crippen LogP contribution in [0.5, 0.6) is 0 Å². The molecule has 0 aliphatic rings. The quantitative estimate of drug-likeness (QED) is 0.719. The molecule has 0 aliphatic heterocycles. The van der Waals surface area contributed by atoms with E-state index in [-0.39, 0.29) is 5.16 Å². The van der Waals surface area contributed by atoms with Crippen molar-refractivity contribution in [1.29, 1.82) is 0 Å². The van der Waals surface area contributed by atoms with Gasteiger partial charge in [0.15, 0.2) is 0 Å². The highest BCUT2D eigenvalue weighted by atomic mass is 32.2. The van der Waals surface area contributed by atoms with E-state index in [2.05, 4.69) is 23.2 Å². The Hall–Kier alpha value is -1.96. The maximum Gasteiger partial charge on any atom is 0.346 e. The van der Waals surface area contributed by atoms with Gasteiger partial charge in [0.25, 0.3) is 5.16 Å². The lowest BCUT2D eigenvalue weighted by atomic mass is 10.5. The van der Waals surface area contributed by atoms with Gasteiger partial charge in [0.1, 0.15) is 6.33 Å². The molecule has 1 rings (SSSR count). The Balaban J connectivity index is 2.98. The highest BCUT2D eigenvalue weighted by molar-refractivity contribution is 7.90. The second-order valence-corrected chi connectivity index (χ2v) is 5.42. The molecule has 1 aromatic rings. The first kappa shape index (κ1) is 14.1. The van der Waals surface area contributed by atoms with Crippen LogP contribution in [0.3, 0.4) is 0 Å². The van der Waals surface area contributed by atoms with E-state index in [1.807, 2.05) is 0 Å². The third-order valence-electron chi connectivity index (χ3n) is 1.97. The zero-order valence-electron chi connectivity index (χ0n) is 9.98. The number of hydrogen-bond donors (Lipinski definition) is 0. The smallest absolute Gasteiger partial charge is 0.315 e. The minimum atomic E-state index is -3.52. The van der Waals surface area contributed by atoms with Crippen LogP contribution >= 0.6 is 0 Å². The van der Waals surface area contributed by atoms with Gasteiger partial charge in [-0.1, -0.05) is 12.2 Å². The summed E-state index contributed by atoms with van der Waals surface area (Å²) in [5.41, 5.74) is 0. The summed E-state index contributed by atoms with van der Waals surface area (Å²) in [4.78, 5) is 16.9. The number of sulfone groups is 1. The Morgan fingerprint density at radius 1 is 1.44 bits per heavy atom. The zero-order chi connectivity index (χ0) is 13.8.